The van der Waals surface area contributed by atoms with Crippen LogP contribution in [0.15, 0.2) is 23.4 Å². The molecule has 2 aromatic rings. The fourth-order valence-corrected chi connectivity index (χ4v) is 2.02. The van der Waals surface area contributed by atoms with Crippen LogP contribution in [0.2, 0.25) is 0 Å². The lowest BCUT2D eigenvalue weighted by Gasteiger charge is -1.96. The smallest absolute Gasteiger partial charge is 0.139 e. The predicted octanol–water partition coefficient (Wildman–Crippen LogP) is 2.11. The van der Waals surface area contributed by atoms with E-state index >= 15 is 0 Å². The molecule has 0 bridgehead atoms. The standard InChI is InChI=1S/C9H8N2O2S/c1-13-6-2-3-7-8(4-6)14-9(11-7)5-10-12/h2-5,12H,1H3. The van der Waals surface area contributed by atoms with Gasteiger partial charge in [-0.15, -0.1) is 11.3 Å². The molecule has 5 heteroatoms. The number of methoxy groups -OCH3 is 1. The number of oxime groups is 1. The molecule has 0 aliphatic rings. The van der Waals surface area contributed by atoms with Crippen LogP contribution in [0.3, 0.4) is 0 Å². The van der Waals surface area contributed by atoms with E-state index in [1.54, 1.807) is 7.11 Å². The maximum Gasteiger partial charge on any atom is 0.139 e. The van der Waals surface area contributed by atoms with Crippen molar-refractivity contribution >= 4 is 27.8 Å². The lowest BCUT2D eigenvalue weighted by Crippen LogP contribution is -1.80. The molecule has 72 valence electrons. The first-order chi connectivity index (χ1) is 6.83. The number of nitrogens with zero attached hydrogens (tertiary/aromatic N) is 2. The monoisotopic (exact) mass is 208 g/mol. The van der Waals surface area contributed by atoms with Gasteiger partial charge in [-0.2, -0.15) is 0 Å². The molecule has 1 aromatic heterocycles. The molecule has 0 aliphatic heterocycles. The van der Waals surface area contributed by atoms with E-state index in [1.807, 2.05) is 18.2 Å². The molecule has 14 heavy (non-hydrogen) atoms. The Morgan fingerprint density at radius 2 is 2.43 bits per heavy atom. The largest absolute Gasteiger partial charge is 0.497 e. The molecule has 0 saturated carbocycles. The Labute approximate surface area is 84.5 Å². The molecule has 0 atom stereocenters. The highest BCUT2D eigenvalue weighted by Gasteiger charge is 2.02. The Morgan fingerprint density at radius 3 is 3.14 bits per heavy atom. The van der Waals surface area contributed by atoms with Gasteiger partial charge in [0.25, 0.3) is 0 Å². The molecule has 2 rings (SSSR count). The van der Waals surface area contributed by atoms with E-state index in [1.165, 1.54) is 17.6 Å². The summed E-state index contributed by atoms with van der Waals surface area (Å²) in [5, 5.41) is 12.0. The second-order valence-electron chi connectivity index (χ2n) is 2.63. The highest BCUT2D eigenvalue weighted by molar-refractivity contribution is 7.20. The Hall–Kier alpha value is -1.62. The highest BCUT2D eigenvalue weighted by Crippen LogP contribution is 2.25. The molecule has 0 spiro atoms. The number of fused-ring (bicyclic) bond motifs is 1. The maximum atomic E-state index is 8.36. The van der Waals surface area contributed by atoms with Crippen molar-refractivity contribution in [2.45, 2.75) is 0 Å². The number of hydrogen-bond acceptors (Lipinski definition) is 5. The van der Waals surface area contributed by atoms with Gasteiger partial charge in [-0.05, 0) is 18.2 Å². The quantitative estimate of drug-likeness (QED) is 0.467. The van der Waals surface area contributed by atoms with Crippen molar-refractivity contribution < 1.29 is 9.94 Å². The van der Waals surface area contributed by atoms with Crippen LogP contribution in [0.25, 0.3) is 10.2 Å². The first-order valence-electron chi connectivity index (χ1n) is 3.95. The molecule has 0 saturated heterocycles. The Kier molecular flexibility index (Phi) is 2.32. The molecule has 4 nitrogen and oxygen atoms in total. The van der Waals surface area contributed by atoms with E-state index in [9.17, 15) is 0 Å². The summed E-state index contributed by atoms with van der Waals surface area (Å²) < 4.78 is 6.10. The zero-order chi connectivity index (χ0) is 9.97. The van der Waals surface area contributed by atoms with Crippen molar-refractivity contribution in [1.29, 1.82) is 0 Å². The van der Waals surface area contributed by atoms with Crippen molar-refractivity contribution in [2.75, 3.05) is 7.11 Å². The Balaban J connectivity index is 2.54. The molecule has 1 aromatic carbocycles. The van der Waals surface area contributed by atoms with Gasteiger partial charge in [0.1, 0.15) is 17.0 Å². The van der Waals surface area contributed by atoms with Crippen LogP contribution in [0, 0.1) is 0 Å². The molecular formula is C9H8N2O2S. The number of aromatic nitrogens is 1. The van der Waals surface area contributed by atoms with Crippen LogP contribution in [-0.4, -0.2) is 23.5 Å². The summed E-state index contributed by atoms with van der Waals surface area (Å²) in [4.78, 5) is 4.23. The Morgan fingerprint density at radius 1 is 1.57 bits per heavy atom. The van der Waals surface area contributed by atoms with Crippen molar-refractivity contribution in [3.8, 4) is 5.75 Å². The number of thiazole rings is 1. The zero-order valence-electron chi connectivity index (χ0n) is 7.47. The van der Waals surface area contributed by atoms with Gasteiger partial charge in [-0.3, -0.25) is 0 Å². The molecule has 0 fully saturated rings. The van der Waals surface area contributed by atoms with E-state index in [0.29, 0.717) is 5.01 Å². The summed E-state index contributed by atoms with van der Waals surface area (Å²) in [6, 6.07) is 5.63. The van der Waals surface area contributed by atoms with Crippen molar-refractivity contribution in [3.05, 3.63) is 23.2 Å². The summed E-state index contributed by atoms with van der Waals surface area (Å²) in [5.74, 6) is 0.800. The minimum absolute atomic E-state index is 0.677. The van der Waals surface area contributed by atoms with Crippen molar-refractivity contribution in [1.82, 2.24) is 4.98 Å². The van der Waals surface area contributed by atoms with Crippen LogP contribution in [0.4, 0.5) is 0 Å². The van der Waals surface area contributed by atoms with Gasteiger partial charge in [0.2, 0.25) is 0 Å². The molecule has 1 heterocycles. The molecule has 0 aliphatic carbocycles. The van der Waals surface area contributed by atoms with Gasteiger partial charge in [0.05, 0.1) is 17.3 Å². The lowest BCUT2D eigenvalue weighted by molar-refractivity contribution is 0.322. The second-order valence-corrected chi connectivity index (χ2v) is 3.69. The van der Waals surface area contributed by atoms with E-state index < -0.39 is 0 Å². The topological polar surface area (TPSA) is 54.7 Å². The van der Waals surface area contributed by atoms with E-state index in [4.69, 9.17) is 9.94 Å². The third-order valence-electron chi connectivity index (χ3n) is 1.78. The normalized spacial score (nSPS) is 11.2. The van der Waals surface area contributed by atoms with Gasteiger partial charge >= 0.3 is 0 Å². The number of hydrogen-bond donors (Lipinski definition) is 1. The number of ether oxygens (including phenoxy) is 1. The van der Waals surface area contributed by atoms with Crippen LogP contribution < -0.4 is 4.74 Å². The lowest BCUT2D eigenvalue weighted by atomic mass is 10.3. The molecule has 0 radical (unpaired) electrons. The molecule has 0 unspecified atom stereocenters. The van der Waals surface area contributed by atoms with E-state index in [-0.39, 0.29) is 0 Å². The average molecular weight is 208 g/mol. The molecular weight excluding hydrogens is 200 g/mol. The SMILES string of the molecule is COc1ccc2nc(C=NO)sc2c1. The summed E-state index contributed by atoms with van der Waals surface area (Å²) in [7, 11) is 1.62. The number of rotatable bonds is 2. The summed E-state index contributed by atoms with van der Waals surface area (Å²) in [6.07, 6.45) is 1.32. The first kappa shape index (κ1) is 8.96. The maximum absolute atomic E-state index is 8.36. The van der Waals surface area contributed by atoms with Gasteiger partial charge in [0.15, 0.2) is 0 Å². The predicted molar refractivity (Wildman–Crippen MR) is 55.6 cm³/mol. The molecule has 0 amide bonds. The number of benzene rings is 1. The third kappa shape index (κ3) is 1.54. The average Bonchev–Trinajstić information content (AvgIpc) is 2.59. The van der Waals surface area contributed by atoms with Gasteiger partial charge in [-0.25, -0.2) is 4.98 Å². The van der Waals surface area contributed by atoms with Crippen LogP contribution in [0.5, 0.6) is 5.75 Å². The van der Waals surface area contributed by atoms with Gasteiger partial charge in [0, 0.05) is 0 Å². The fraction of sp³-hybridized carbons (Fsp3) is 0.111. The van der Waals surface area contributed by atoms with Crippen molar-refractivity contribution in [3.63, 3.8) is 0 Å². The van der Waals surface area contributed by atoms with Gasteiger partial charge < -0.3 is 9.94 Å². The zero-order valence-corrected chi connectivity index (χ0v) is 8.28. The van der Waals surface area contributed by atoms with E-state index in [2.05, 4.69) is 10.1 Å². The third-order valence-corrected chi connectivity index (χ3v) is 2.73. The van der Waals surface area contributed by atoms with Crippen LogP contribution in [-0.2, 0) is 0 Å². The summed E-state index contributed by atoms with van der Waals surface area (Å²) in [5.41, 5.74) is 0.880. The van der Waals surface area contributed by atoms with Gasteiger partial charge in [-0.1, -0.05) is 5.16 Å². The minimum Gasteiger partial charge on any atom is -0.497 e. The summed E-state index contributed by atoms with van der Waals surface area (Å²) in [6.45, 7) is 0. The fourth-order valence-electron chi connectivity index (χ4n) is 1.15. The van der Waals surface area contributed by atoms with E-state index in [0.717, 1.165) is 16.0 Å². The summed E-state index contributed by atoms with van der Waals surface area (Å²) >= 11 is 1.45. The molecule has 1 N–H and O–H groups in total. The van der Waals surface area contributed by atoms with Crippen LogP contribution >= 0.6 is 11.3 Å². The van der Waals surface area contributed by atoms with Crippen molar-refractivity contribution in [2.24, 2.45) is 5.16 Å². The first-order valence-corrected chi connectivity index (χ1v) is 4.77. The minimum atomic E-state index is 0.677. The highest BCUT2D eigenvalue weighted by atomic mass is 32.1. The van der Waals surface area contributed by atoms with Crippen LogP contribution in [0.1, 0.15) is 5.01 Å². The second kappa shape index (κ2) is 3.63. The Bertz CT molecular complexity index is 479.